The van der Waals surface area contributed by atoms with Crippen LogP contribution in [0.15, 0.2) is 29.2 Å². The van der Waals surface area contributed by atoms with E-state index in [1.54, 1.807) is 11.8 Å². The summed E-state index contributed by atoms with van der Waals surface area (Å²) in [6.45, 7) is 5.23. The summed E-state index contributed by atoms with van der Waals surface area (Å²) in [7, 11) is 0. The maximum absolute atomic E-state index is 12.4. The fourth-order valence-electron chi connectivity index (χ4n) is 2.57. The second-order valence-corrected chi connectivity index (χ2v) is 6.58. The molecule has 3 nitrogen and oxygen atoms in total. The zero-order chi connectivity index (χ0) is 13.9. The Hall–Kier alpha value is -1.00. The first-order valence-electron chi connectivity index (χ1n) is 6.71. The molecule has 4 heteroatoms. The summed E-state index contributed by atoms with van der Waals surface area (Å²) >= 11 is 1.68. The molecule has 1 aliphatic rings. The van der Waals surface area contributed by atoms with Gasteiger partial charge in [-0.05, 0) is 49.3 Å². The Morgan fingerprint density at radius 2 is 2.26 bits per heavy atom. The maximum Gasteiger partial charge on any atom is 0.242 e. The summed E-state index contributed by atoms with van der Waals surface area (Å²) in [6, 6.07) is 7.86. The van der Waals surface area contributed by atoms with Crippen molar-refractivity contribution in [2.24, 2.45) is 5.41 Å². The highest BCUT2D eigenvalue weighted by Gasteiger charge is 2.36. The van der Waals surface area contributed by atoms with E-state index in [0.29, 0.717) is 0 Å². The third kappa shape index (κ3) is 3.51. The van der Waals surface area contributed by atoms with Crippen molar-refractivity contribution in [3.63, 3.8) is 0 Å². The molecular weight excluding hydrogens is 256 g/mol. The molecule has 1 aromatic rings. The Bertz CT molecular complexity index is 459. The molecule has 1 saturated heterocycles. The van der Waals surface area contributed by atoms with Crippen LogP contribution in [0.4, 0.5) is 5.69 Å². The lowest BCUT2D eigenvalue weighted by Gasteiger charge is -2.38. The first kappa shape index (κ1) is 14.4. The summed E-state index contributed by atoms with van der Waals surface area (Å²) in [6.07, 6.45) is 4.26. The predicted molar refractivity (Wildman–Crippen MR) is 81.7 cm³/mol. The molecule has 1 aromatic carbocycles. The Kier molecular flexibility index (Phi) is 4.53. The number of anilines is 1. The van der Waals surface area contributed by atoms with E-state index in [1.165, 1.54) is 0 Å². The van der Waals surface area contributed by atoms with Gasteiger partial charge in [0.2, 0.25) is 5.91 Å². The van der Waals surface area contributed by atoms with E-state index >= 15 is 0 Å². The molecule has 0 radical (unpaired) electrons. The van der Waals surface area contributed by atoms with Gasteiger partial charge in [-0.25, -0.2) is 0 Å². The summed E-state index contributed by atoms with van der Waals surface area (Å²) in [5.41, 5.74) is 0.888. The van der Waals surface area contributed by atoms with Gasteiger partial charge in [-0.3, -0.25) is 4.79 Å². The second-order valence-electron chi connectivity index (χ2n) is 5.70. The first-order chi connectivity index (χ1) is 9.03. The van der Waals surface area contributed by atoms with Gasteiger partial charge < -0.3 is 10.6 Å². The second kappa shape index (κ2) is 5.97. The van der Waals surface area contributed by atoms with Crippen LogP contribution in [0, 0.1) is 5.41 Å². The first-order valence-corrected chi connectivity index (χ1v) is 7.94. The van der Waals surface area contributed by atoms with Crippen molar-refractivity contribution in [2.75, 3.05) is 18.1 Å². The lowest BCUT2D eigenvalue weighted by molar-refractivity contribution is -0.121. The highest BCUT2D eigenvalue weighted by atomic mass is 32.2. The van der Waals surface area contributed by atoms with Gasteiger partial charge in [0.1, 0.15) is 0 Å². The summed E-state index contributed by atoms with van der Waals surface area (Å²) in [5, 5.41) is 6.37. The van der Waals surface area contributed by atoms with Crippen LogP contribution in [-0.4, -0.2) is 24.7 Å². The number of carbonyl (C=O) groups is 1. The molecule has 1 unspecified atom stereocenters. The molecule has 1 amide bonds. The van der Waals surface area contributed by atoms with Crippen molar-refractivity contribution < 1.29 is 4.79 Å². The van der Waals surface area contributed by atoms with Crippen LogP contribution in [0.1, 0.15) is 26.7 Å². The normalized spacial score (nSPS) is 21.9. The van der Waals surface area contributed by atoms with E-state index in [4.69, 9.17) is 0 Å². The van der Waals surface area contributed by atoms with Gasteiger partial charge in [0.25, 0.3) is 0 Å². The monoisotopic (exact) mass is 278 g/mol. The third-order valence-electron chi connectivity index (χ3n) is 3.73. The maximum atomic E-state index is 12.4. The Morgan fingerprint density at radius 1 is 1.47 bits per heavy atom. The fraction of sp³-hybridized carbons (Fsp3) is 0.533. The molecule has 2 rings (SSSR count). The van der Waals surface area contributed by atoms with Gasteiger partial charge in [0.05, 0.1) is 6.04 Å². The van der Waals surface area contributed by atoms with Crippen LogP contribution >= 0.6 is 11.8 Å². The van der Waals surface area contributed by atoms with E-state index in [2.05, 4.69) is 24.5 Å². The van der Waals surface area contributed by atoms with Crippen molar-refractivity contribution in [2.45, 2.75) is 37.6 Å². The van der Waals surface area contributed by atoms with Gasteiger partial charge in [-0.2, -0.15) is 0 Å². The van der Waals surface area contributed by atoms with Crippen molar-refractivity contribution in [1.82, 2.24) is 5.32 Å². The highest BCUT2D eigenvalue weighted by molar-refractivity contribution is 7.98. The van der Waals surface area contributed by atoms with Crippen molar-refractivity contribution in [3.05, 3.63) is 24.3 Å². The molecule has 1 aliphatic heterocycles. The van der Waals surface area contributed by atoms with Crippen LogP contribution in [0.2, 0.25) is 0 Å². The third-order valence-corrected chi connectivity index (χ3v) is 4.45. The van der Waals surface area contributed by atoms with Crippen LogP contribution in [-0.2, 0) is 4.79 Å². The van der Waals surface area contributed by atoms with Gasteiger partial charge in [-0.15, -0.1) is 11.8 Å². The predicted octanol–water partition coefficient (Wildman–Crippen LogP) is 3.13. The van der Waals surface area contributed by atoms with Crippen molar-refractivity contribution >= 4 is 23.4 Å². The molecule has 2 N–H and O–H groups in total. The van der Waals surface area contributed by atoms with E-state index in [9.17, 15) is 4.79 Å². The zero-order valence-corrected chi connectivity index (χ0v) is 12.6. The van der Waals surface area contributed by atoms with Crippen molar-refractivity contribution in [1.29, 1.82) is 0 Å². The van der Waals surface area contributed by atoms with E-state index in [1.807, 2.05) is 30.5 Å². The number of hydrogen-bond acceptors (Lipinski definition) is 3. The SMILES string of the molecule is CSc1cccc(NC(=O)C2NCCCC2(C)C)c1. The summed E-state index contributed by atoms with van der Waals surface area (Å²) in [5.74, 6) is 0.0722. The average Bonchev–Trinajstić information content (AvgIpc) is 2.38. The van der Waals surface area contributed by atoms with Crippen LogP contribution in [0.5, 0.6) is 0 Å². The number of nitrogens with one attached hydrogen (secondary N) is 2. The quantitative estimate of drug-likeness (QED) is 0.835. The number of hydrogen-bond donors (Lipinski definition) is 2. The largest absolute Gasteiger partial charge is 0.325 e. The summed E-state index contributed by atoms with van der Waals surface area (Å²) in [4.78, 5) is 13.6. The Morgan fingerprint density at radius 3 is 2.95 bits per heavy atom. The number of thioether (sulfide) groups is 1. The molecule has 1 fully saturated rings. The molecule has 0 aliphatic carbocycles. The smallest absolute Gasteiger partial charge is 0.242 e. The molecular formula is C15H22N2OS. The number of carbonyl (C=O) groups excluding carboxylic acids is 1. The number of rotatable bonds is 3. The molecule has 19 heavy (non-hydrogen) atoms. The number of amides is 1. The average molecular weight is 278 g/mol. The summed E-state index contributed by atoms with van der Waals surface area (Å²) < 4.78 is 0. The molecule has 0 bridgehead atoms. The molecule has 0 aromatic heterocycles. The standard InChI is InChI=1S/C15H22N2OS/c1-15(2)8-5-9-16-13(15)14(18)17-11-6-4-7-12(10-11)19-3/h4,6-7,10,13,16H,5,8-9H2,1-3H3,(H,17,18). The van der Waals surface area contributed by atoms with Crippen LogP contribution in [0.25, 0.3) is 0 Å². The van der Waals surface area contributed by atoms with Gasteiger partial charge in [0, 0.05) is 10.6 Å². The highest BCUT2D eigenvalue weighted by Crippen LogP contribution is 2.31. The lowest BCUT2D eigenvalue weighted by atomic mass is 9.77. The minimum atomic E-state index is -0.112. The Balaban J connectivity index is 2.07. The molecule has 0 saturated carbocycles. The van der Waals surface area contributed by atoms with E-state index in [-0.39, 0.29) is 17.4 Å². The van der Waals surface area contributed by atoms with Crippen LogP contribution < -0.4 is 10.6 Å². The molecule has 1 heterocycles. The zero-order valence-electron chi connectivity index (χ0n) is 11.8. The molecule has 104 valence electrons. The topological polar surface area (TPSA) is 41.1 Å². The van der Waals surface area contributed by atoms with E-state index in [0.717, 1.165) is 30.0 Å². The van der Waals surface area contributed by atoms with Gasteiger partial charge in [-0.1, -0.05) is 19.9 Å². The molecule has 1 atom stereocenters. The minimum absolute atomic E-state index is 0.0133. The number of piperidine rings is 1. The van der Waals surface area contributed by atoms with Gasteiger partial charge >= 0.3 is 0 Å². The molecule has 0 spiro atoms. The lowest BCUT2D eigenvalue weighted by Crippen LogP contribution is -2.53. The fourth-order valence-corrected chi connectivity index (χ4v) is 3.03. The van der Waals surface area contributed by atoms with Crippen LogP contribution in [0.3, 0.4) is 0 Å². The van der Waals surface area contributed by atoms with Crippen molar-refractivity contribution in [3.8, 4) is 0 Å². The van der Waals surface area contributed by atoms with Gasteiger partial charge in [0.15, 0.2) is 0 Å². The minimum Gasteiger partial charge on any atom is -0.325 e. The Labute approximate surface area is 119 Å². The van der Waals surface area contributed by atoms with E-state index < -0.39 is 0 Å². The number of benzene rings is 1.